The summed E-state index contributed by atoms with van der Waals surface area (Å²) in [4.78, 5) is 12.0. The van der Waals surface area contributed by atoms with E-state index in [1.165, 1.54) is 38.5 Å². The molecule has 4 aliphatic rings. The van der Waals surface area contributed by atoms with Crippen molar-refractivity contribution in [1.82, 2.24) is 5.32 Å². The Labute approximate surface area is 109 Å². The average Bonchev–Trinajstić information content (AvgIpc) is 2.23. The molecule has 4 saturated carbocycles. The minimum atomic E-state index is -0.440. The van der Waals surface area contributed by atoms with Crippen LogP contribution in [-0.2, 0) is 4.79 Å². The Bertz CT molecular complexity index is 302. The second-order valence-electron chi connectivity index (χ2n) is 7.25. The summed E-state index contributed by atoms with van der Waals surface area (Å²) in [5.41, 5.74) is 0.317. The summed E-state index contributed by atoms with van der Waals surface area (Å²) in [6.45, 7) is 2.11. The van der Waals surface area contributed by atoms with Crippen LogP contribution >= 0.6 is 0 Å². The molecule has 0 spiro atoms. The molecule has 0 heterocycles. The predicted molar refractivity (Wildman–Crippen MR) is 69.9 cm³/mol. The third-order valence-corrected chi connectivity index (χ3v) is 5.30. The molecule has 0 aromatic heterocycles. The smallest absolute Gasteiger partial charge is 0.220 e. The summed E-state index contributed by atoms with van der Waals surface area (Å²) < 4.78 is 0. The number of nitrogens with one attached hydrogen (secondary N) is 1. The molecule has 0 radical (unpaired) electrons. The second kappa shape index (κ2) is 4.52. The number of aliphatic hydroxyl groups is 1. The average molecular weight is 251 g/mol. The zero-order valence-corrected chi connectivity index (χ0v) is 11.3. The number of amides is 1. The fraction of sp³-hybridized carbons (Fsp3) is 0.933. The van der Waals surface area contributed by atoms with E-state index in [0.29, 0.717) is 18.4 Å². The van der Waals surface area contributed by atoms with E-state index in [4.69, 9.17) is 0 Å². The van der Waals surface area contributed by atoms with Gasteiger partial charge < -0.3 is 10.4 Å². The van der Waals surface area contributed by atoms with Gasteiger partial charge in [-0.2, -0.15) is 0 Å². The second-order valence-corrected chi connectivity index (χ2v) is 7.25. The van der Waals surface area contributed by atoms with Crippen molar-refractivity contribution in [2.45, 2.75) is 58.0 Å². The van der Waals surface area contributed by atoms with Crippen LogP contribution in [0.5, 0.6) is 0 Å². The molecule has 1 atom stereocenters. The zero-order chi connectivity index (χ0) is 12.8. The topological polar surface area (TPSA) is 49.3 Å². The molecule has 0 saturated heterocycles. The van der Waals surface area contributed by atoms with Crippen LogP contribution in [0.2, 0.25) is 0 Å². The number of rotatable bonds is 4. The molecular weight excluding hydrogens is 226 g/mol. The summed E-state index contributed by atoms with van der Waals surface area (Å²) in [6, 6.07) is 0. The Morgan fingerprint density at radius 2 is 1.72 bits per heavy atom. The molecule has 3 nitrogen and oxygen atoms in total. The zero-order valence-electron chi connectivity index (χ0n) is 11.3. The van der Waals surface area contributed by atoms with Crippen molar-refractivity contribution in [2.75, 3.05) is 6.54 Å². The van der Waals surface area contributed by atoms with Gasteiger partial charge in [0.1, 0.15) is 0 Å². The first-order valence-electron chi connectivity index (χ1n) is 7.49. The van der Waals surface area contributed by atoms with Gasteiger partial charge in [0.05, 0.1) is 6.10 Å². The Hall–Kier alpha value is -0.570. The molecule has 0 unspecified atom stereocenters. The van der Waals surface area contributed by atoms with Crippen molar-refractivity contribution < 1.29 is 9.90 Å². The maximum Gasteiger partial charge on any atom is 0.220 e. The van der Waals surface area contributed by atoms with E-state index in [2.05, 4.69) is 5.32 Å². The normalized spacial score (nSPS) is 42.9. The Morgan fingerprint density at radius 3 is 2.17 bits per heavy atom. The first-order valence-corrected chi connectivity index (χ1v) is 7.49. The predicted octanol–water partition coefficient (Wildman–Crippen LogP) is 2.09. The van der Waals surface area contributed by atoms with Gasteiger partial charge >= 0.3 is 0 Å². The highest BCUT2D eigenvalue weighted by atomic mass is 16.3. The summed E-state index contributed by atoms with van der Waals surface area (Å²) in [7, 11) is 0. The third-order valence-electron chi connectivity index (χ3n) is 5.30. The monoisotopic (exact) mass is 251 g/mol. The molecule has 2 N–H and O–H groups in total. The molecular formula is C15H25NO2. The minimum absolute atomic E-state index is 0.151. The molecule has 3 heteroatoms. The van der Waals surface area contributed by atoms with Crippen molar-refractivity contribution in [1.29, 1.82) is 0 Å². The Balaban J connectivity index is 1.60. The first-order chi connectivity index (χ1) is 8.55. The van der Waals surface area contributed by atoms with Crippen molar-refractivity contribution in [3.63, 3.8) is 0 Å². The maximum absolute atomic E-state index is 12.0. The highest BCUT2D eigenvalue weighted by Crippen LogP contribution is 2.61. The van der Waals surface area contributed by atoms with Crippen LogP contribution in [0.3, 0.4) is 0 Å². The number of hydrogen-bond donors (Lipinski definition) is 2. The summed E-state index contributed by atoms with van der Waals surface area (Å²) in [5, 5.41) is 12.1. The number of carbonyl (C=O) groups is 1. The highest BCUT2D eigenvalue weighted by molar-refractivity contribution is 5.76. The van der Waals surface area contributed by atoms with Crippen LogP contribution in [0.1, 0.15) is 51.9 Å². The number of aliphatic hydroxyl groups excluding tert-OH is 1. The lowest BCUT2D eigenvalue weighted by Crippen LogP contribution is -2.48. The van der Waals surface area contributed by atoms with E-state index in [0.717, 1.165) is 17.8 Å². The number of carbonyl (C=O) groups excluding carboxylic acids is 1. The SMILES string of the molecule is C[C@@H](O)CNC(=O)CC12CC3CC(CC(C3)C1)C2. The lowest BCUT2D eigenvalue weighted by atomic mass is 9.49. The maximum atomic E-state index is 12.0. The van der Waals surface area contributed by atoms with Crippen molar-refractivity contribution >= 4 is 5.91 Å². The summed E-state index contributed by atoms with van der Waals surface area (Å²) in [5.74, 6) is 2.86. The Kier molecular flexibility index (Phi) is 3.13. The standard InChI is InChI=1S/C15H25NO2/c1-10(17)9-16-14(18)8-15-5-11-2-12(6-15)4-13(3-11)7-15/h10-13,17H,2-9H2,1H3,(H,16,18)/t10-,11?,12?,13?,15?/m1/s1. The van der Waals surface area contributed by atoms with Gasteiger partial charge in [-0.15, -0.1) is 0 Å². The van der Waals surface area contributed by atoms with E-state index in [1.807, 2.05) is 0 Å². The van der Waals surface area contributed by atoms with Crippen LogP contribution < -0.4 is 5.32 Å². The van der Waals surface area contributed by atoms with E-state index < -0.39 is 6.10 Å². The van der Waals surface area contributed by atoms with Gasteiger partial charge in [0.15, 0.2) is 0 Å². The Morgan fingerprint density at radius 1 is 1.22 bits per heavy atom. The van der Waals surface area contributed by atoms with Crippen molar-refractivity contribution in [2.24, 2.45) is 23.2 Å². The van der Waals surface area contributed by atoms with Crippen LogP contribution in [0.15, 0.2) is 0 Å². The molecule has 18 heavy (non-hydrogen) atoms. The van der Waals surface area contributed by atoms with Crippen molar-refractivity contribution in [3.8, 4) is 0 Å². The molecule has 4 rings (SSSR count). The molecule has 4 bridgehead atoms. The lowest BCUT2D eigenvalue weighted by molar-refractivity contribution is -0.129. The lowest BCUT2D eigenvalue weighted by Gasteiger charge is -2.56. The van der Waals surface area contributed by atoms with Gasteiger partial charge in [0.2, 0.25) is 5.91 Å². The van der Waals surface area contributed by atoms with Crippen LogP contribution in [-0.4, -0.2) is 23.7 Å². The summed E-state index contributed by atoms with van der Waals surface area (Å²) in [6.07, 6.45) is 8.37. The van der Waals surface area contributed by atoms with E-state index >= 15 is 0 Å². The third kappa shape index (κ3) is 2.42. The van der Waals surface area contributed by atoms with E-state index in [1.54, 1.807) is 6.92 Å². The van der Waals surface area contributed by atoms with E-state index in [-0.39, 0.29) is 5.91 Å². The summed E-state index contributed by atoms with van der Waals surface area (Å²) >= 11 is 0. The molecule has 102 valence electrons. The van der Waals surface area contributed by atoms with Crippen LogP contribution in [0, 0.1) is 23.2 Å². The largest absolute Gasteiger partial charge is 0.392 e. The van der Waals surface area contributed by atoms with Gasteiger partial charge in [0, 0.05) is 13.0 Å². The fourth-order valence-electron chi connectivity index (χ4n) is 5.17. The molecule has 1 amide bonds. The molecule has 0 aromatic carbocycles. The number of hydrogen-bond acceptors (Lipinski definition) is 2. The van der Waals surface area contributed by atoms with Gasteiger partial charge in [-0.1, -0.05) is 0 Å². The molecule has 0 aromatic rings. The van der Waals surface area contributed by atoms with Crippen molar-refractivity contribution in [3.05, 3.63) is 0 Å². The molecule has 0 aliphatic heterocycles. The minimum Gasteiger partial charge on any atom is -0.392 e. The fourth-order valence-corrected chi connectivity index (χ4v) is 5.17. The van der Waals surface area contributed by atoms with Crippen LogP contribution in [0.4, 0.5) is 0 Å². The van der Waals surface area contributed by atoms with E-state index in [9.17, 15) is 9.90 Å². The van der Waals surface area contributed by atoms with Gasteiger partial charge in [-0.05, 0) is 68.6 Å². The highest BCUT2D eigenvalue weighted by Gasteiger charge is 2.51. The van der Waals surface area contributed by atoms with Crippen LogP contribution in [0.25, 0.3) is 0 Å². The molecule has 4 aliphatic carbocycles. The quantitative estimate of drug-likeness (QED) is 0.804. The van der Waals surface area contributed by atoms with Gasteiger partial charge in [-0.25, -0.2) is 0 Å². The van der Waals surface area contributed by atoms with Gasteiger partial charge in [0.25, 0.3) is 0 Å². The molecule has 4 fully saturated rings. The van der Waals surface area contributed by atoms with Gasteiger partial charge in [-0.3, -0.25) is 4.79 Å². The first kappa shape index (κ1) is 12.5.